The highest BCUT2D eigenvalue weighted by Gasteiger charge is 2.60. The first-order chi connectivity index (χ1) is 12.4. The number of benzene rings is 1. The quantitative estimate of drug-likeness (QED) is 0.660. The van der Waals surface area contributed by atoms with E-state index < -0.39 is 0 Å². The van der Waals surface area contributed by atoms with Crippen LogP contribution in [0.5, 0.6) is 11.5 Å². The predicted molar refractivity (Wildman–Crippen MR) is 107 cm³/mol. The van der Waals surface area contributed by atoms with Gasteiger partial charge in [0.25, 0.3) is 0 Å². The minimum Gasteiger partial charge on any atom is -0.497 e. The van der Waals surface area contributed by atoms with Gasteiger partial charge in [-0.1, -0.05) is 20.8 Å². The maximum absolute atomic E-state index is 5.45. The Kier molecular flexibility index (Phi) is 5.83. The summed E-state index contributed by atoms with van der Waals surface area (Å²) in [6.07, 6.45) is 5.09. The summed E-state index contributed by atoms with van der Waals surface area (Å²) < 4.78 is 10.8. The third-order valence-electron chi connectivity index (χ3n) is 7.55. The highest BCUT2D eigenvalue weighted by molar-refractivity contribution is 5.40. The maximum Gasteiger partial charge on any atom is 0.122 e. The molecule has 3 rings (SSSR count). The molecule has 2 fully saturated rings. The van der Waals surface area contributed by atoms with E-state index >= 15 is 0 Å². The molecule has 3 unspecified atom stereocenters. The van der Waals surface area contributed by atoms with Crippen molar-refractivity contribution in [3.8, 4) is 11.5 Å². The topological polar surface area (TPSA) is 42.5 Å². The molecule has 2 bridgehead atoms. The lowest BCUT2D eigenvalue weighted by molar-refractivity contribution is 0.121. The molecule has 2 aliphatic rings. The second-order valence-electron chi connectivity index (χ2n) is 8.79. The van der Waals surface area contributed by atoms with Crippen LogP contribution >= 0.6 is 0 Å². The standard InChI is InChI=1S/C22H36N2O2/c1-21(2)17-8-10-22(21,3)20(15-17)24-13-12-23-11-9-16-14-18(25-4)6-7-19(16)26-5/h6-7,14,17,20,23-24H,8-13,15H2,1-5H3. The molecule has 2 saturated carbocycles. The Morgan fingerprint density at radius 1 is 1.08 bits per heavy atom. The molecule has 0 aromatic heterocycles. The van der Waals surface area contributed by atoms with Crippen LogP contribution in [0.1, 0.15) is 45.6 Å². The minimum absolute atomic E-state index is 0.464. The first kappa shape index (κ1) is 19.5. The van der Waals surface area contributed by atoms with Gasteiger partial charge in [-0.25, -0.2) is 0 Å². The van der Waals surface area contributed by atoms with E-state index in [0.29, 0.717) is 16.9 Å². The lowest BCUT2D eigenvalue weighted by Crippen LogP contribution is -2.46. The zero-order chi connectivity index (χ0) is 18.8. The maximum atomic E-state index is 5.45. The third-order valence-corrected chi connectivity index (χ3v) is 7.55. The fourth-order valence-corrected chi connectivity index (χ4v) is 5.27. The van der Waals surface area contributed by atoms with Gasteiger partial charge in [-0.05, 0) is 72.7 Å². The van der Waals surface area contributed by atoms with Crippen LogP contribution in [0.15, 0.2) is 18.2 Å². The Bertz CT molecular complexity index is 616. The minimum atomic E-state index is 0.464. The van der Waals surface area contributed by atoms with Gasteiger partial charge >= 0.3 is 0 Å². The molecule has 26 heavy (non-hydrogen) atoms. The summed E-state index contributed by atoms with van der Waals surface area (Å²) in [6.45, 7) is 10.4. The van der Waals surface area contributed by atoms with Gasteiger partial charge in [0.05, 0.1) is 14.2 Å². The Balaban J connectivity index is 1.40. The first-order valence-electron chi connectivity index (χ1n) is 10.1. The van der Waals surface area contributed by atoms with Crippen LogP contribution in [-0.4, -0.2) is 39.9 Å². The van der Waals surface area contributed by atoms with Crippen LogP contribution in [-0.2, 0) is 6.42 Å². The van der Waals surface area contributed by atoms with Crippen molar-refractivity contribution < 1.29 is 9.47 Å². The average Bonchev–Trinajstić information content (AvgIpc) is 2.97. The zero-order valence-electron chi connectivity index (χ0n) is 17.2. The van der Waals surface area contributed by atoms with Crippen LogP contribution in [0.25, 0.3) is 0 Å². The Hall–Kier alpha value is -1.26. The highest BCUT2D eigenvalue weighted by atomic mass is 16.5. The molecule has 4 heteroatoms. The SMILES string of the molecule is COc1ccc(OC)c(CCNCCNC2CC3CCC2(C)C3(C)C)c1. The summed E-state index contributed by atoms with van der Waals surface area (Å²) in [5.41, 5.74) is 2.14. The van der Waals surface area contributed by atoms with Gasteiger partial charge in [0, 0.05) is 19.1 Å². The van der Waals surface area contributed by atoms with Crippen LogP contribution in [0.2, 0.25) is 0 Å². The molecule has 2 aliphatic carbocycles. The number of ether oxygens (including phenoxy) is 2. The molecule has 0 aliphatic heterocycles. The van der Waals surface area contributed by atoms with Crippen molar-refractivity contribution in [1.82, 2.24) is 10.6 Å². The van der Waals surface area contributed by atoms with Crippen molar-refractivity contribution in [2.45, 2.75) is 52.5 Å². The lowest BCUT2D eigenvalue weighted by atomic mass is 9.69. The van der Waals surface area contributed by atoms with E-state index in [4.69, 9.17) is 9.47 Å². The smallest absolute Gasteiger partial charge is 0.122 e. The van der Waals surface area contributed by atoms with Gasteiger partial charge in [0.15, 0.2) is 0 Å². The van der Waals surface area contributed by atoms with E-state index in [2.05, 4.69) is 37.5 Å². The van der Waals surface area contributed by atoms with Crippen molar-refractivity contribution in [3.05, 3.63) is 23.8 Å². The molecule has 0 radical (unpaired) electrons. The molecule has 4 nitrogen and oxygen atoms in total. The monoisotopic (exact) mass is 360 g/mol. The normalized spacial score (nSPS) is 29.1. The summed E-state index contributed by atoms with van der Waals surface area (Å²) in [5, 5.41) is 7.41. The zero-order valence-corrected chi connectivity index (χ0v) is 17.2. The predicted octanol–water partition coefficient (Wildman–Crippen LogP) is 3.64. The van der Waals surface area contributed by atoms with Gasteiger partial charge in [0.1, 0.15) is 11.5 Å². The molecule has 0 saturated heterocycles. The molecule has 1 aromatic rings. The van der Waals surface area contributed by atoms with Crippen LogP contribution in [0.4, 0.5) is 0 Å². The van der Waals surface area contributed by atoms with E-state index in [1.54, 1.807) is 14.2 Å². The summed E-state index contributed by atoms with van der Waals surface area (Å²) >= 11 is 0. The van der Waals surface area contributed by atoms with E-state index in [9.17, 15) is 0 Å². The van der Waals surface area contributed by atoms with Gasteiger partial charge in [-0.15, -0.1) is 0 Å². The number of nitrogens with one attached hydrogen (secondary N) is 2. The molecule has 1 aromatic carbocycles. The number of methoxy groups -OCH3 is 2. The van der Waals surface area contributed by atoms with Crippen molar-refractivity contribution in [1.29, 1.82) is 0 Å². The van der Waals surface area contributed by atoms with Gasteiger partial charge in [-0.3, -0.25) is 0 Å². The van der Waals surface area contributed by atoms with Crippen molar-refractivity contribution in [2.75, 3.05) is 33.9 Å². The largest absolute Gasteiger partial charge is 0.497 e. The summed E-state index contributed by atoms with van der Waals surface area (Å²) in [6, 6.07) is 6.66. The van der Waals surface area contributed by atoms with Crippen LogP contribution in [0.3, 0.4) is 0 Å². The first-order valence-corrected chi connectivity index (χ1v) is 10.1. The number of fused-ring (bicyclic) bond motifs is 2. The molecule has 0 amide bonds. The molecule has 0 heterocycles. The van der Waals surface area contributed by atoms with Crippen molar-refractivity contribution in [2.24, 2.45) is 16.7 Å². The Labute approximate surface area is 159 Å². The highest BCUT2D eigenvalue weighted by Crippen LogP contribution is 2.65. The Morgan fingerprint density at radius 3 is 2.50 bits per heavy atom. The van der Waals surface area contributed by atoms with E-state index in [1.807, 2.05) is 12.1 Å². The third kappa shape index (κ3) is 3.46. The molecular weight excluding hydrogens is 324 g/mol. The summed E-state index contributed by atoms with van der Waals surface area (Å²) in [5.74, 6) is 2.72. The molecular formula is C22H36N2O2. The number of hydrogen-bond donors (Lipinski definition) is 2. The fourth-order valence-electron chi connectivity index (χ4n) is 5.27. The second-order valence-corrected chi connectivity index (χ2v) is 8.79. The van der Waals surface area contributed by atoms with E-state index in [0.717, 1.165) is 43.5 Å². The fraction of sp³-hybridized carbons (Fsp3) is 0.727. The van der Waals surface area contributed by atoms with Gasteiger partial charge < -0.3 is 20.1 Å². The summed E-state index contributed by atoms with van der Waals surface area (Å²) in [7, 11) is 3.42. The van der Waals surface area contributed by atoms with E-state index in [-0.39, 0.29) is 0 Å². The summed E-state index contributed by atoms with van der Waals surface area (Å²) in [4.78, 5) is 0. The number of rotatable bonds is 9. The van der Waals surface area contributed by atoms with E-state index in [1.165, 1.54) is 24.8 Å². The van der Waals surface area contributed by atoms with Crippen LogP contribution < -0.4 is 20.1 Å². The van der Waals surface area contributed by atoms with Crippen molar-refractivity contribution in [3.63, 3.8) is 0 Å². The van der Waals surface area contributed by atoms with Crippen LogP contribution in [0, 0.1) is 16.7 Å². The van der Waals surface area contributed by atoms with Gasteiger partial charge in [0.2, 0.25) is 0 Å². The Morgan fingerprint density at radius 2 is 1.88 bits per heavy atom. The molecule has 3 atom stereocenters. The average molecular weight is 361 g/mol. The second kappa shape index (κ2) is 7.77. The molecule has 146 valence electrons. The number of hydrogen-bond acceptors (Lipinski definition) is 4. The van der Waals surface area contributed by atoms with Crippen molar-refractivity contribution >= 4 is 0 Å². The lowest BCUT2D eigenvalue weighted by Gasteiger charge is -2.39. The van der Waals surface area contributed by atoms with Gasteiger partial charge in [-0.2, -0.15) is 0 Å². The molecule has 2 N–H and O–H groups in total. The molecule has 0 spiro atoms.